The largest absolute Gasteiger partial charge is 0.423 e. The molecule has 4 heteroatoms. The molecule has 32 heavy (non-hydrogen) atoms. The molecule has 0 aromatic heterocycles. The van der Waals surface area contributed by atoms with Gasteiger partial charge < -0.3 is 9.47 Å². The second-order valence-electron chi connectivity index (χ2n) is 7.30. The standard InChI is InChI=1S/C28H22O4/c29-27(23-15-13-22(14-16-23)12-11-21-7-3-1-4-8-21)32-26-19-17-24(18-20-26)28(30)31-25-9-5-2-6-10-25/h1-10,13-20H,11-12H2. The Kier molecular flexibility index (Phi) is 6.73. The number of carbonyl (C=O) groups excluding carboxylic acids is 2. The number of esters is 2. The minimum absolute atomic E-state index is 0.361. The lowest BCUT2D eigenvalue weighted by molar-refractivity contribution is 0.0730. The Hall–Kier alpha value is -4.18. The highest BCUT2D eigenvalue weighted by molar-refractivity contribution is 5.92. The molecule has 0 N–H and O–H groups in total. The molecular weight excluding hydrogens is 400 g/mol. The minimum Gasteiger partial charge on any atom is -0.423 e. The summed E-state index contributed by atoms with van der Waals surface area (Å²) in [6.45, 7) is 0. The highest BCUT2D eigenvalue weighted by atomic mass is 16.5. The maximum atomic E-state index is 12.5. The van der Waals surface area contributed by atoms with Crippen LogP contribution in [0.5, 0.6) is 11.5 Å². The van der Waals surface area contributed by atoms with Crippen LogP contribution in [0.3, 0.4) is 0 Å². The van der Waals surface area contributed by atoms with Crippen molar-refractivity contribution in [2.45, 2.75) is 12.8 Å². The minimum atomic E-state index is -0.472. The number of ether oxygens (including phenoxy) is 2. The molecule has 4 aromatic carbocycles. The van der Waals surface area contributed by atoms with Crippen LogP contribution in [0.2, 0.25) is 0 Å². The predicted octanol–water partition coefficient (Wildman–Crippen LogP) is 5.91. The smallest absolute Gasteiger partial charge is 0.343 e. The summed E-state index contributed by atoms with van der Waals surface area (Å²) in [5, 5.41) is 0. The summed E-state index contributed by atoms with van der Waals surface area (Å²) >= 11 is 0. The van der Waals surface area contributed by atoms with Crippen LogP contribution in [0.1, 0.15) is 31.8 Å². The van der Waals surface area contributed by atoms with Gasteiger partial charge in [-0.15, -0.1) is 0 Å². The zero-order valence-corrected chi connectivity index (χ0v) is 17.4. The van der Waals surface area contributed by atoms with Gasteiger partial charge in [0.1, 0.15) is 11.5 Å². The van der Waals surface area contributed by atoms with Crippen LogP contribution >= 0.6 is 0 Å². The molecule has 0 bridgehead atoms. The van der Waals surface area contributed by atoms with E-state index < -0.39 is 11.9 Å². The van der Waals surface area contributed by atoms with Crippen LogP contribution in [0, 0.1) is 0 Å². The Morgan fingerprint density at radius 1 is 0.469 bits per heavy atom. The van der Waals surface area contributed by atoms with E-state index in [1.54, 1.807) is 60.7 Å². The first kappa shape index (κ1) is 21.1. The van der Waals surface area contributed by atoms with Gasteiger partial charge in [-0.1, -0.05) is 60.7 Å². The molecule has 4 rings (SSSR count). The molecule has 0 heterocycles. The quantitative estimate of drug-likeness (QED) is 0.274. The monoisotopic (exact) mass is 422 g/mol. The highest BCUT2D eigenvalue weighted by Crippen LogP contribution is 2.17. The van der Waals surface area contributed by atoms with Crippen molar-refractivity contribution in [1.82, 2.24) is 0 Å². The van der Waals surface area contributed by atoms with Gasteiger partial charge in [-0.2, -0.15) is 0 Å². The summed E-state index contributed by atoms with van der Waals surface area (Å²) in [5.41, 5.74) is 3.29. The third kappa shape index (κ3) is 5.70. The molecule has 0 atom stereocenters. The van der Waals surface area contributed by atoms with Crippen molar-refractivity contribution in [3.05, 3.63) is 131 Å². The number of para-hydroxylation sites is 1. The lowest BCUT2D eigenvalue weighted by Crippen LogP contribution is -2.10. The Morgan fingerprint density at radius 2 is 0.875 bits per heavy atom. The second-order valence-corrected chi connectivity index (χ2v) is 7.30. The summed E-state index contributed by atoms with van der Waals surface area (Å²) in [6, 6.07) is 32.9. The number of aryl methyl sites for hydroxylation is 2. The van der Waals surface area contributed by atoms with Gasteiger partial charge in [0.05, 0.1) is 11.1 Å². The Morgan fingerprint density at radius 3 is 1.41 bits per heavy atom. The molecule has 0 saturated heterocycles. The van der Waals surface area contributed by atoms with Crippen LogP contribution in [0.15, 0.2) is 109 Å². The summed E-state index contributed by atoms with van der Waals surface area (Å²) in [4.78, 5) is 24.7. The normalized spacial score (nSPS) is 10.4. The number of benzene rings is 4. The van der Waals surface area contributed by atoms with Gasteiger partial charge in [-0.25, -0.2) is 9.59 Å². The lowest BCUT2D eigenvalue weighted by atomic mass is 10.0. The zero-order valence-electron chi connectivity index (χ0n) is 17.4. The number of rotatable bonds is 7. The van der Waals surface area contributed by atoms with Crippen LogP contribution in [-0.2, 0) is 12.8 Å². The molecule has 158 valence electrons. The Balaban J connectivity index is 1.31. The fourth-order valence-corrected chi connectivity index (χ4v) is 3.22. The molecule has 0 saturated carbocycles. The van der Waals surface area contributed by atoms with Crippen molar-refractivity contribution < 1.29 is 19.1 Å². The molecular formula is C28H22O4. The lowest BCUT2D eigenvalue weighted by Gasteiger charge is -2.07. The molecule has 0 aliphatic heterocycles. The van der Waals surface area contributed by atoms with Crippen molar-refractivity contribution in [1.29, 1.82) is 0 Å². The molecule has 0 amide bonds. The van der Waals surface area contributed by atoms with Crippen molar-refractivity contribution >= 4 is 11.9 Å². The van der Waals surface area contributed by atoms with E-state index >= 15 is 0 Å². The SMILES string of the molecule is O=C(Oc1ccc(C(=O)Oc2ccccc2)cc1)c1ccc(CCc2ccccc2)cc1. The highest BCUT2D eigenvalue weighted by Gasteiger charge is 2.11. The van der Waals surface area contributed by atoms with Crippen LogP contribution in [-0.4, -0.2) is 11.9 Å². The van der Waals surface area contributed by atoms with Crippen molar-refractivity contribution in [3.8, 4) is 11.5 Å². The molecule has 0 spiro atoms. The van der Waals surface area contributed by atoms with Crippen LogP contribution in [0.4, 0.5) is 0 Å². The van der Waals surface area contributed by atoms with E-state index in [0.29, 0.717) is 22.6 Å². The van der Waals surface area contributed by atoms with Gasteiger partial charge in [0, 0.05) is 0 Å². The van der Waals surface area contributed by atoms with Gasteiger partial charge in [-0.05, 0) is 72.5 Å². The molecule has 0 radical (unpaired) electrons. The summed E-state index contributed by atoms with van der Waals surface area (Å²) in [5.74, 6) is -0.0842. The molecule has 0 aliphatic carbocycles. The molecule has 0 fully saturated rings. The molecule has 4 nitrogen and oxygen atoms in total. The van der Waals surface area contributed by atoms with Gasteiger partial charge in [0.15, 0.2) is 0 Å². The number of carbonyl (C=O) groups is 2. The van der Waals surface area contributed by atoms with Crippen LogP contribution < -0.4 is 9.47 Å². The van der Waals surface area contributed by atoms with E-state index in [1.807, 2.05) is 36.4 Å². The third-order valence-electron chi connectivity index (χ3n) is 4.99. The van der Waals surface area contributed by atoms with Crippen molar-refractivity contribution in [2.75, 3.05) is 0 Å². The van der Waals surface area contributed by atoms with Crippen molar-refractivity contribution in [3.63, 3.8) is 0 Å². The summed E-state index contributed by atoms with van der Waals surface area (Å²) < 4.78 is 10.7. The van der Waals surface area contributed by atoms with E-state index in [2.05, 4.69) is 12.1 Å². The fraction of sp³-hybridized carbons (Fsp3) is 0.0714. The van der Waals surface area contributed by atoms with E-state index in [9.17, 15) is 9.59 Å². The Bertz CT molecular complexity index is 1170. The Labute approximate surface area is 187 Å². The van der Waals surface area contributed by atoms with E-state index in [0.717, 1.165) is 18.4 Å². The maximum absolute atomic E-state index is 12.5. The third-order valence-corrected chi connectivity index (χ3v) is 4.99. The predicted molar refractivity (Wildman–Crippen MR) is 123 cm³/mol. The summed E-state index contributed by atoms with van der Waals surface area (Å²) in [6.07, 6.45) is 1.85. The number of hydrogen-bond acceptors (Lipinski definition) is 4. The first-order valence-corrected chi connectivity index (χ1v) is 10.4. The average molecular weight is 422 g/mol. The maximum Gasteiger partial charge on any atom is 0.343 e. The fourth-order valence-electron chi connectivity index (χ4n) is 3.22. The van der Waals surface area contributed by atoms with E-state index in [4.69, 9.17) is 9.47 Å². The van der Waals surface area contributed by atoms with E-state index in [1.165, 1.54) is 5.56 Å². The van der Waals surface area contributed by atoms with Gasteiger partial charge in [0.2, 0.25) is 0 Å². The molecule has 0 unspecified atom stereocenters. The van der Waals surface area contributed by atoms with Crippen molar-refractivity contribution in [2.24, 2.45) is 0 Å². The zero-order chi connectivity index (χ0) is 22.2. The first-order valence-electron chi connectivity index (χ1n) is 10.4. The van der Waals surface area contributed by atoms with Crippen LogP contribution in [0.25, 0.3) is 0 Å². The van der Waals surface area contributed by atoms with E-state index in [-0.39, 0.29) is 0 Å². The first-order chi connectivity index (χ1) is 15.7. The van der Waals surface area contributed by atoms with Gasteiger partial charge >= 0.3 is 11.9 Å². The number of hydrogen-bond donors (Lipinski definition) is 0. The topological polar surface area (TPSA) is 52.6 Å². The van der Waals surface area contributed by atoms with Gasteiger partial charge in [0.25, 0.3) is 0 Å². The average Bonchev–Trinajstić information content (AvgIpc) is 2.85. The molecule has 0 aliphatic rings. The second kappa shape index (κ2) is 10.2. The molecule has 4 aromatic rings. The summed E-state index contributed by atoms with van der Waals surface area (Å²) in [7, 11) is 0. The van der Waals surface area contributed by atoms with Gasteiger partial charge in [-0.3, -0.25) is 0 Å².